The summed E-state index contributed by atoms with van der Waals surface area (Å²) in [5.74, 6) is -2.43. The fraction of sp³-hybridized carbons (Fsp3) is 0.391. The van der Waals surface area contributed by atoms with Gasteiger partial charge in [0, 0.05) is 31.7 Å². The number of likely N-dealkylation sites (tertiary alicyclic amines) is 1. The Hall–Kier alpha value is -3.56. The third-order valence-corrected chi connectivity index (χ3v) is 5.75. The average Bonchev–Trinajstić information content (AvgIpc) is 3.12. The molecule has 0 bridgehead atoms. The zero-order chi connectivity index (χ0) is 23.7. The second-order valence-corrected chi connectivity index (χ2v) is 8.34. The Morgan fingerprint density at radius 3 is 2.55 bits per heavy atom. The van der Waals surface area contributed by atoms with E-state index in [1.165, 1.54) is 24.7 Å². The van der Waals surface area contributed by atoms with Gasteiger partial charge in [0.15, 0.2) is 5.82 Å². The summed E-state index contributed by atoms with van der Waals surface area (Å²) >= 11 is 0. The minimum absolute atomic E-state index is 0.00876. The lowest BCUT2D eigenvalue weighted by molar-refractivity contribution is 0.0660. The van der Waals surface area contributed by atoms with Crippen LogP contribution >= 0.6 is 0 Å². The normalized spacial score (nSPS) is 14.8. The zero-order valence-electron chi connectivity index (χ0n) is 18.3. The van der Waals surface area contributed by atoms with Crippen molar-refractivity contribution in [3.05, 3.63) is 59.2 Å². The first-order chi connectivity index (χ1) is 15.7. The lowest BCUT2D eigenvalue weighted by Gasteiger charge is -2.32. The van der Waals surface area contributed by atoms with Gasteiger partial charge in [0.05, 0.1) is 22.7 Å². The number of amides is 1. The topological polar surface area (TPSA) is 97.5 Å². The second-order valence-electron chi connectivity index (χ2n) is 8.34. The molecule has 8 nitrogen and oxygen atoms in total. The molecule has 10 heteroatoms. The second kappa shape index (κ2) is 9.13. The number of nitrogens with zero attached hydrogens (tertiary/aromatic N) is 4. The van der Waals surface area contributed by atoms with Crippen molar-refractivity contribution >= 4 is 23.1 Å². The van der Waals surface area contributed by atoms with Crippen LogP contribution in [0, 0.1) is 11.6 Å². The van der Waals surface area contributed by atoms with Gasteiger partial charge >= 0.3 is 12.1 Å². The molecule has 1 aliphatic heterocycles. The Morgan fingerprint density at radius 2 is 1.91 bits per heavy atom. The molecule has 4 rings (SSSR count). The van der Waals surface area contributed by atoms with Crippen LogP contribution in [0.1, 0.15) is 54.3 Å². The smallest absolute Gasteiger partial charge is 0.410 e. The van der Waals surface area contributed by atoms with Gasteiger partial charge in [-0.25, -0.2) is 28.3 Å². The molecular formula is C23H24F2N4O4. The highest BCUT2D eigenvalue weighted by Gasteiger charge is 2.28. The number of benzene rings is 1. The Morgan fingerprint density at radius 1 is 1.18 bits per heavy atom. The van der Waals surface area contributed by atoms with Crippen LogP contribution in [0.3, 0.4) is 0 Å². The molecule has 0 atom stereocenters. The molecule has 1 N–H and O–H groups in total. The molecule has 1 aliphatic rings. The van der Waals surface area contributed by atoms with Crippen LogP contribution in [0.15, 0.2) is 30.7 Å². The van der Waals surface area contributed by atoms with Crippen molar-refractivity contribution < 1.29 is 28.2 Å². The molecule has 3 aromatic rings. The third-order valence-electron chi connectivity index (χ3n) is 5.75. The van der Waals surface area contributed by atoms with Crippen LogP contribution in [0.4, 0.5) is 13.6 Å². The third kappa shape index (κ3) is 4.64. The summed E-state index contributed by atoms with van der Waals surface area (Å²) in [6.07, 6.45) is 3.35. The van der Waals surface area contributed by atoms with Crippen LogP contribution in [0.5, 0.6) is 0 Å². The number of piperidine rings is 1. The van der Waals surface area contributed by atoms with Crippen molar-refractivity contribution in [1.82, 2.24) is 19.4 Å². The number of aromatic nitrogens is 3. The number of hydrogen-bond donors (Lipinski definition) is 1. The number of fused-ring (bicyclic) bond motifs is 1. The number of rotatable bonds is 5. The summed E-state index contributed by atoms with van der Waals surface area (Å²) < 4.78 is 36.4. The lowest BCUT2D eigenvalue weighted by atomic mass is 10.0. The predicted molar refractivity (Wildman–Crippen MR) is 115 cm³/mol. The van der Waals surface area contributed by atoms with E-state index in [2.05, 4.69) is 9.97 Å². The molecular weight excluding hydrogens is 434 g/mol. The van der Waals surface area contributed by atoms with Crippen LogP contribution in [0.25, 0.3) is 11.0 Å². The maximum absolute atomic E-state index is 15.0. The molecule has 0 unspecified atom stereocenters. The molecule has 0 radical (unpaired) electrons. The van der Waals surface area contributed by atoms with Crippen molar-refractivity contribution in [2.75, 3.05) is 13.1 Å². The summed E-state index contributed by atoms with van der Waals surface area (Å²) in [6, 6.07) is 3.55. The Balaban J connectivity index is 1.57. The average molecular weight is 458 g/mol. The molecule has 33 heavy (non-hydrogen) atoms. The van der Waals surface area contributed by atoms with E-state index in [1.54, 1.807) is 23.3 Å². The number of aromatic carboxylic acids is 1. The summed E-state index contributed by atoms with van der Waals surface area (Å²) in [5, 5.41) is 9.22. The van der Waals surface area contributed by atoms with E-state index in [0.717, 1.165) is 6.07 Å². The number of hydrogen-bond acceptors (Lipinski definition) is 5. The van der Waals surface area contributed by atoms with Crippen molar-refractivity contribution in [3.8, 4) is 0 Å². The SMILES string of the molecule is CC(C)OC(=O)N1CCC(n2cc(F)c3c(Cc4ccc(C(=O)O)cc4F)ncnc32)CC1. The number of halogens is 2. The first-order valence-electron chi connectivity index (χ1n) is 10.7. The largest absolute Gasteiger partial charge is 0.478 e. The molecule has 0 saturated carbocycles. The fourth-order valence-corrected chi connectivity index (χ4v) is 4.12. The zero-order valence-corrected chi connectivity index (χ0v) is 18.3. The fourth-order valence-electron chi connectivity index (χ4n) is 4.12. The molecule has 0 spiro atoms. The van der Waals surface area contributed by atoms with Crippen LogP contribution in [-0.4, -0.2) is 55.8 Å². The van der Waals surface area contributed by atoms with Gasteiger partial charge in [-0.3, -0.25) is 0 Å². The Labute approximate surface area is 188 Å². The molecule has 1 amide bonds. The van der Waals surface area contributed by atoms with E-state index in [4.69, 9.17) is 9.84 Å². The summed E-state index contributed by atoms with van der Waals surface area (Å²) in [7, 11) is 0. The van der Waals surface area contributed by atoms with Gasteiger partial charge < -0.3 is 19.3 Å². The molecule has 1 fully saturated rings. The van der Waals surface area contributed by atoms with Gasteiger partial charge in [-0.15, -0.1) is 0 Å². The van der Waals surface area contributed by atoms with E-state index in [0.29, 0.717) is 37.3 Å². The quantitative estimate of drug-likeness (QED) is 0.616. The van der Waals surface area contributed by atoms with Gasteiger partial charge in [0.1, 0.15) is 17.8 Å². The number of carboxylic acids is 1. The Bertz CT molecular complexity index is 1200. The highest BCUT2D eigenvalue weighted by Crippen LogP contribution is 2.31. The van der Waals surface area contributed by atoms with Gasteiger partial charge in [0.25, 0.3) is 0 Å². The maximum Gasteiger partial charge on any atom is 0.410 e. The van der Waals surface area contributed by atoms with E-state index in [9.17, 15) is 18.4 Å². The van der Waals surface area contributed by atoms with Gasteiger partial charge in [-0.2, -0.15) is 0 Å². The minimum Gasteiger partial charge on any atom is -0.478 e. The number of carbonyl (C=O) groups excluding carboxylic acids is 1. The monoisotopic (exact) mass is 458 g/mol. The van der Waals surface area contributed by atoms with Gasteiger partial charge in [0.2, 0.25) is 0 Å². The number of carboxylic acid groups (broad SMARTS) is 1. The lowest BCUT2D eigenvalue weighted by Crippen LogP contribution is -2.40. The summed E-state index contributed by atoms with van der Waals surface area (Å²) in [4.78, 5) is 33.2. The van der Waals surface area contributed by atoms with E-state index in [-0.39, 0.29) is 41.2 Å². The molecule has 174 valence electrons. The van der Waals surface area contributed by atoms with E-state index in [1.807, 2.05) is 0 Å². The first-order valence-corrected chi connectivity index (χ1v) is 10.7. The summed E-state index contributed by atoms with van der Waals surface area (Å²) in [6.45, 7) is 4.55. The van der Waals surface area contributed by atoms with E-state index >= 15 is 0 Å². The van der Waals surface area contributed by atoms with Crippen molar-refractivity contribution in [2.45, 2.75) is 45.3 Å². The van der Waals surface area contributed by atoms with Crippen molar-refractivity contribution in [3.63, 3.8) is 0 Å². The molecule has 1 aromatic carbocycles. The first kappa shape index (κ1) is 22.6. The van der Waals surface area contributed by atoms with Gasteiger partial charge in [-0.05, 0) is 44.4 Å². The van der Waals surface area contributed by atoms with Crippen molar-refractivity contribution in [2.24, 2.45) is 0 Å². The Kier molecular flexibility index (Phi) is 6.26. The molecule has 2 aromatic heterocycles. The highest BCUT2D eigenvalue weighted by atomic mass is 19.1. The van der Waals surface area contributed by atoms with Crippen LogP contribution in [0.2, 0.25) is 0 Å². The standard InChI is InChI=1S/C23H24F2N4O4/c1-13(2)33-23(32)28-7-5-16(6-8-28)29-11-18(25)20-19(26-12-27-21(20)29)10-14-3-4-15(22(30)31)9-17(14)24/h3-4,9,11-13,16H,5-8,10H2,1-2H3,(H,30,31). The molecule has 3 heterocycles. The number of carbonyl (C=O) groups is 2. The van der Waals surface area contributed by atoms with Crippen LogP contribution in [-0.2, 0) is 11.2 Å². The molecule has 0 aliphatic carbocycles. The minimum atomic E-state index is -1.23. The van der Waals surface area contributed by atoms with E-state index < -0.39 is 17.6 Å². The molecule has 1 saturated heterocycles. The highest BCUT2D eigenvalue weighted by molar-refractivity contribution is 5.87. The van der Waals surface area contributed by atoms with Crippen molar-refractivity contribution in [1.29, 1.82) is 0 Å². The maximum atomic E-state index is 15.0. The van der Waals surface area contributed by atoms with Crippen LogP contribution < -0.4 is 0 Å². The summed E-state index contributed by atoms with van der Waals surface area (Å²) in [5.41, 5.74) is 0.772. The predicted octanol–water partition coefficient (Wildman–Crippen LogP) is 4.18. The van der Waals surface area contributed by atoms with Gasteiger partial charge in [-0.1, -0.05) is 6.07 Å². The number of ether oxygens (including phenoxy) is 1.